The molecule has 92 valence electrons. The van der Waals surface area contributed by atoms with Crippen molar-refractivity contribution in [2.75, 3.05) is 12.4 Å². The Bertz CT molecular complexity index is 388. The Morgan fingerprint density at radius 2 is 1.94 bits per heavy atom. The highest BCUT2D eigenvalue weighted by atomic mass is 16.1. The van der Waals surface area contributed by atoms with Crippen molar-refractivity contribution in [1.29, 1.82) is 0 Å². The summed E-state index contributed by atoms with van der Waals surface area (Å²) in [4.78, 5) is 12.1. The van der Waals surface area contributed by atoms with E-state index < -0.39 is 0 Å². The van der Waals surface area contributed by atoms with Crippen molar-refractivity contribution in [2.24, 2.45) is 0 Å². The second-order valence-corrected chi connectivity index (χ2v) is 4.77. The van der Waals surface area contributed by atoms with Gasteiger partial charge in [0.15, 0.2) is 0 Å². The van der Waals surface area contributed by atoms with Gasteiger partial charge in [-0.1, -0.05) is 6.92 Å². The van der Waals surface area contributed by atoms with E-state index in [2.05, 4.69) is 17.6 Å². The molecule has 1 fully saturated rings. The molecule has 2 N–H and O–H groups in total. The molecule has 1 saturated carbocycles. The summed E-state index contributed by atoms with van der Waals surface area (Å²) in [6.07, 6.45) is 4.48. The maximum atomic E-state index is 12.1. The van der Waals surface area contributed by atoms with Gasteiger partial charge in [-0.3, -0.25) is 4.79 Å². The van der Waals surface area contributed by atoms with Crippen LogP contribution in [0.25, 0.3) is 0 Å². The second kappa shape index (κ2) is 4.78. The molecular formula is C14H20N2O. The van der Waals surface area contributed by atoms with E-state index in [0.717, 1.165) is 30.5 Å². The van der Waals surface area contributed by atoms with Crippen LogP contribution in [-0.2, 0) is 0 Å². The third-order valence-corrected chi connectivity index (χ3v) is 3.80. The predicted octanol–water partition coefficient (Wildman–Crippen LogP) is 2.79. The van der Waals surface area contributed by atoms with Crippen LogP contribution < -0.4 is 10.6 Å². The lowest BCUT2D eigenvalue weighted by Gasteiger charge is -2.42. The van der Waals surface area contributed by atoms with Crippen LogP contribution >= 0.6 is 0 Å². The van der Waals surface area contributed by atoms with Gasteiger partial charge < -0.3 is 10.6 Å². The van der Waals surface area contributed by atoms with Crippen molar-refractivity contribution in [3.8, 4) is 0 Å². The van der Waals surface area contributed by atoms with E-state index in [1.807, 2.05) is 31.3 Å². The monoisotopic (exact) mass is 232 g/mol. The van der Waals surface area contributed by atoms with Gasteiger partial charge in [0.25, 0.3) is 5.91 Å². The number of carbonyl (C=O) groups is 1. The molecule has 2 rings (SSSR count). The number of hydrogen-bond acceptors (Lipinski definition) is 2. The molecule has 0 heterocycles. The average molecular weight is 232 g/mol. The fourth-order valence-corrected chi connectivity index (χ4v) is 2.27. The van der Waals surface area contributed by atoms with E-state index in [9.17, 15) is 4.79 Å². The van der Waals surface area contributed by atoms with E-state index in [-0.39, 0.29) is 11.4 Å². The smallest absolute Gasteiger partial charge is 0.251 e. The van der Waals surface area contributed by atoms with Gasteiger partial charge in [-0.25, -0.2) is 0 Å². The third kappa shape index (κ3) is 2.43. The van der Waals surface area contributed by atoms with Crippen molar-refractivity contribution in [2.45, 2.75) is 38.1 Å². The summed E-state index contributed by atoms with van der Waals surface area (Å²) in [5.74, 6) is 0.0502. The van der Waals surface area contributed by atoms with Crippen molar-refractivity contribution in [1.82, 2.24) is 5.32 Å². The number of anilines is 1. The first-order valence-corrected chi connectivity index (χ1v) is 6.29. The zero-order valence-corrected chi connectivity index (χ0v) is 10.5. The lowest BCUT2D eigenvalue weighted by Crippen LogP contribution is -2.52. The van der Waals surface area contributed by atoms with Crippen molar-refractivity contribution in [3.05, 3.63) is 29.8 Å². The molecule has 0 spiro atoms. The van der Waals surface area contributed by atoms with Crippen molar-refractivity contribution < 1.29 is 4.79 Å². The highest BCUT2D eigenvalue weighted by Gasteiger charge is 2.36. The molecule has 1 amide bonds. The maximum Gasteiger partial charge on any atom is 0.251 e. The fourth-order valence-electron chi connectivity index (χ4n) is 2.27. The number of amides is 1. The second-order valence-electron chi connectivity index (χ2n) is 4.77. The molecule has 0 bridgehead atoms. The molecule has 0 radical (unpaired) electrons. The predicted molar refractivity (Wildman–Crippen MR) is 70.3 cm³/mol. The molecule has 0 unspecified atom stereocenters. The lowest BCUT2D eigenvalue weighted by atomic mass is 9.74. The summed E-state index contributed by atoms with van der Waals surface area (Å²) in [6, 6.07) is 7.58. The van der Waals surface area contributed by atoms with Gasteiger partial charge >= 0.3 is 0 Å². The van der Waals surface area contributed by atoms with Gasteiger partial charge in [0.2, 0.25) is 0 Å². The van der Waals surface area contributed by atoms with Gasteiger partial charge in [0, 0.05) is 23.8 Å². The van der Waals surface area contributed by atoms with Crippen LogP contribution in [0.2, 0.25) is 0 Å². The highest BCUT2D eigenvalue weighted by Crippen LogP contribution is 2.34. The lowest BCUT2D eigenvalue weighted by molar-refractivity contribution is 0.0820. The summed E-state index contributed by atoms with van der Waals surface area (Å²) in [5, 5.41) is 6.22. The number of carbonyl (C=O) groups excluding carboxylic acids is 1. The van der Waals surface area contributed by atoms with Crippen LogP contribution in [0.15, 0.2) is 24.3 Å². The van der Waals surface area contributed by atoms with Gasteiger partial charge in [0.05, 0.1) is 0 Å². The van der Waals surface area contributed by atoms with E-state index in [1.165, 1.54) is 6.42 Å². The van der Waals surface area contributed by atoms with E-state index >= 15 is 0 Å². The Morgan fingerprint density at radius 1 is 1.29 bits per heavy atom. The topological polar surface area (TPSA) is 41.1 Å². The normalized spacial score (nSPS) is 17.1. The zero-order valence-electron chi connectivity index (χ0n) is 10.5. The first kappa shape index (κ1) is 12.0. The van der Waals surface area contributed by atoms with Crippen LogP contribution in [-0.4, -0.2) is 18.5 Å². The SMILES string of the molecule is CCC1(NC(=O)c2ccc(NC)cc2)CCC1. The Kier molecular flexibility index (Phi) is 3.36. The van der Waals surface area contributed by atoms with Crippen LogP contribution in [0.5, 0.6) is 0 Å². The first-order chi connectivity index (χ1) is 8.19. The van der Waals surface area contributed by atoms with Crippen LogP contribution in [0.3, 0.4) is 0 Å². The maximum absolute atomic E-state index is 12.1. The molecule has 1 aromatic carbocycles. The Labute approximate surface area is 103 Å². The van der Waals surface area contributed by atoms with Gasteiger partial charge in [-0.15, -0.1) is 0 Å². The fraction of sp³-hybridized carbons (Fsp3) is 0.500. The van der Waals surface area contributed by atoms with Gasteiger partial charge in [0.1, 0.15) is 0 Å². The molecule has 1 aliphatic rings. The Morgan fingerprint density at radius 3 is 2.35 bits per heavy atom. The summed E-state index contributed by atoms with van der Waals surface area (Å²) < 4.78 is 0. The summed E-state index contributed by atoms with van der Waals surface area (Å²) in [7, 11) is 1.87. The number of benzene rings is 1. The highest BCUT2D eigenvalue weighted by molar-refractivity contribution is 5.95. The average Bonchev–Trinajstić information content (AvgIpc) is 2.33. The molecule has 1 aliphatic carbocycles. The minimum absolute atomic E-state index is 0.0502. The van der Waals surface area contributed by atoms with Crippen LogP contribution in [0, 0.1) is 0 Å². The minimum atomic E-state index is 0.0502. The third-order valence-electron chi connectivity index (χ3n) is 3.80. The quantitative estimate of drug-likeness (QED) is 0.838. The summed E-state index contributed by atoms with van der Waals surface area (Å²) in [5.41, 5.74) is 1.83. The summed E-state index contributed by atoms with van der Waals surface area (Å²) >= 11 is 0. The zero-order chi connectivity index (χ0) is 12.3. The molecule has 1 aromatic rings. The van der Waals surface area contributed by atoms with Crippen molar-refractivity contribution in [3.63, 3.8) is 0 Å². The number of rotatable bonds is 4. The largest absolute Gasteiger partial charge is 0.388 e. The molecule has 0 saturated heterocycles. The molecule has 0 aliphatic heterocycles. The number of nitrogens with one attached hydrogen (secondary N) is 2. The first-order valence-electron chi connectivity index (χ1n) is 6.29. The molecule has 17 heavy (non-hydrogen) atoms. The Hall–Kier alpha value is -1.51. The molecule has 3 heteroatoms. The minimum Gasteiger partial charge on any atom is -0.388 e. The van der Waals surface area contributed by atoms with Crippen molar-refractivity contribution >= 4 is 11.6 Å². The van der Waals surface area contributed by atoms with E-state index in [1.54, 1.807) is 0 Å². The van der Waals surface area contributed by atoms with Crippen LogP contribution in [0.1, 0.15) is 43.0 Å². The van der Waals surface area contributed by atoms with Gasteiger partial charge in [-0.2, -0.15) is 0 Å². The van der Waals surface area contributed by atoms with E-state index in [4.69, 9.17) is 0 Å². The molecule has 3 nitrogen and oxygen atoms in total. The molecule has 0 atom stereocenters. The molecule has 0 aromatic heterocycles. The Balaban J connectivity index is 2.03. The standard InChI is InChI=1S/C14H20N2O/c1-3-14(9-4-10-14)16-13(17)11-5-7-12(15-2)8-6-11/h5-8,15H,3-4,9-10H2,1-2H3,(H,16,17). The van der Waals surface area contributed by atoms with Gasteiger partial charge in [-0.05, 0) is 49.9 Å². The van der Waals surface area contributed by atoms with E-state index in [0.29, 0.717) is 0 Å². The molecular weight excluding hydrogens is 212 g/mol. The summed E-state index contributed by atoms with van der Waals surface area (Å²) in [6.45, 7) is 2.14. The number of hydrogen-bond donors (Lipinski definition) is 2. The van der Waals surface area contributed by atoms with Crippen LogP contribution in [0.4, 0.5) is 5.69 Å².